The Bertz CT molecular complexity index is 432. The third kappa shape index (κ3) is 7.41. The normalized spacial score (nSPS) is 21.6. The lowest BCUT2D eigenvalue weighted by Gasteiger charge is -2.22. The molecular formula is C19H28O3. The van der Waals surface area contributed by atoms with Crippen molar-refractivity contribution in [3.63, 3.8) is 0 Å². The van der Waals surface area contributed by atoms with E-state index in [2.05, 4.69) is 37.3 Å². The predicted octanol–water partition coefficient (Wildman–Crippen LogP) is 4.86. The largest absolute Gasteiger partial charge is 0.426 e. The summed E-state index contributed by atoms with van der Waals surface area (Å²) in [6.07, 6.45) is 23.4. The highest BCUT2D eigenvalue weighted by molar-refractivity contribution is 5.84. The lowest BCUT2D eigenvalue weighted by atomic mass is 10.1. The van der Waals surface area contributed by atoms with Crippen LogP contribution in [0, 0.1) is 0 Å². The average Bonchev–Trinajstić information content (AvgIpc) is 2.90. The summed E-state index contributed by atoms with van der Waals surface area (Å²) in [5, 5.41) is 0. The smallest absolute Gasteiger partial charge is 0.333 e. The van der Waals surface area contributed by atoms with Gasteiger partial charge in [0.05, 0.1) is 0 Å². The van der Waals surface area contributed by atoms with E-state index in [1.165, 1.54) is 31.8 Å². The molecule has 1 atom stereocenters. The van der Waals surface area contributed by atoms with Gasteiger partial charge in [-0.1, -0.05) is 56.2 Å². The lowest BCUT2D eigenvalue weighted by Crippen LogP contribution is -2.29. The van der Waals surface area contributed by atoms with Crippen LogP contribution in [0.3, 0.4) is 0 Å². The Morgan fingerprint density at radius 3 is 2.36 bits per heavy atom. The molecule has 1 heterocycles. The number of hydrogen-bond donors (Lipinski definition) is 0. The molecule has 0 fully saturated rings. The van der Waals surface area contributed by atoms with Crippen LogP contribution < -0.4 is 0 Å². The number of esters is 1. The van der Waals surface area contributed by atoms with E-state index in [-0.39, 0.29) is 5.97 Å². The van der Waals surface area contributed by atoms with Gasteiger partial charge < -0.3 is 9.47 Å². The van der Waals surface area contributed by atoms with Gasteiger partial charge in [0.2, 0.25) is 5.79 Å². The number of ether oxygens (including phenoxy) is 2. The Balaban J connectivity index is 2.12. The van der Waals surface area contributed by atoms with Crippen LogP contribution in [0.15, 0.2) is 48.6 Å². The zero-order chi connectivity index (χ0) is 16.1. The molecule has 0 spiro atoms. The monoisotopic (exact) mass is 304 g/mol. The molecule has 0 aromatic carbocycles. The van der Waals surface area contributed by atoms with Gasteiger partial charge in [-0.25, -0.2) is 4.79 Å². The Labute approximate surface area is 134 Å². The molecule has 0 aromatic heterocycles. The number of cyclic esters (lactones) is 1. The van der Waals surface area contributed by atoms with E-state index in [1.807, 2.05) is 6.08 Å². The molecule has 0 saturated heterocycles. The van der Waals surface area contributed by atoms with Gasteiger partial charge in [0.1, 0.15) is 0 Å². The lowest BCUT2D eigenvalue weighted by molar-refractivity contribution is -0.186. The Hall–Kier alpha value is -1.61. The van der Waals surface area contributed by atoms with Crippen LogP contribution in [0.1, 0.15) is 51.9 Å². The second-order valence-corrected chi connectivity index (χ2v) is 5.36. The quantitative estimate of drug-likeness (QED) is 0.310. The first-order valence-electron chi connectivity index (χ1n) is 8.15. The number of unbranched alkanes of at least 4 members (excludes halogenated alkanes) is 3. The first kappa shape index (κ1) is 18.4. The van der Waals surface area contributed by atoms with Crippen LogP contribution in [0.2, 0.25) is 0 Å². The molecule has 0 bridgehead atoms. The fourth-order valence-electron chi connectivity index (χ4n) is 2.16. The minimum atomic E-state index is -0.904. The summed E-state index contributed by atoms with van der Waals surface area (Å²) >= 11 is 0. The highest BCUT2D eigenvalue weighted by atomic mass is 16.7. The second-order valence-electron chi connectivity index (χ2n) is 5.36. The van der Waals surface area contributed by atoms with Crippen LogP contribution in [-0.2, 0) is 14.3 Å². The zero-order valence-electron chi connectivity index (χ0n) is 13.8. The maximum Gasteiger partial charge on any atom is 0.333 e. The number of carbonyl (C=O) groups excluding carboxylic acids is 1. The van der Waals surface area contributed by atoms with Crippen LogP contribution in [0.4, 0.5) is 0 Å². The third-order valence-electron chi connectivity index (χ3n) is 3.51. The van der Waals surface area contributed by atoms with Gasteiger partial charge in [-0.05, 0) is 31.8 Å². The molecule has 0 saturated carbocycles. The number of rotatable bonds is 11. The van der Waals surface area contributed by atoms with Crippen molar-refractivity contribution in [2.24, 2.45) is 0 Å². The maximum atomic E-state index is 11.1. The number of allylic oxidation sites excluding steroid dienone is 5. The van der Waals surface area contributed by atoms with Gasteiger partial charge in [-0.3, -0.25) is 0 Å². The summed E-state index contributed by atoms with van der Waals surface area (Å²) in [5.74, 6) is -1.25. The maximum absolute atomic E-state index is 11.1. The summed E-state index contributed by atoms with van der Waals surface area (Å²) in [7, 11) is 1.55. The molecule has 0 aliphatic carbocycles. The molecule has 1 unspecified atom stereocenters. The van der Waals surface area contributed by atoms with Crippen molar-refractivity contribution in [2.75, 3.05) is 7.11 Å². The topological polar surface area (TPSA) is 35.5 Å². The molecule has 1 aliphatic rings. The molecule has 1 aliphatic heterocycles. The van der Waals surface area contributed by atoms with E-state index in [1.54, 1.807) is 13.2 Å². The number of hydrogen-bond acceptors (Lipinski definition) is 3. The van der Waals surface area contributed by atoms with E-state index in [0.717, 1.165) is 12.8 Å². The van der Waals surface area contributed by atoms with Gasteiger partial charge in [0.25, 0.3) is 0 Å². The van der Waals surface area contributed by atoms with Crippen molar-refractivity contribution in [3.05, 3.63) is 48.6 Å². The van der Waals surface area contributed by atoms with Gasteiger partial charge in [0.15, 0.2) is 0 Å². The summed E-state index contributed by atoms with van der Waals surface area (Å²) in [6.45, 7) is 2.22. The molecular weight excluding hydrogens is 276 g/mol. The molecule has 3 heteroatoms. The third-order valence-corrected chi connectivity index (χ3v) is 3.51. The number of carbonyl (C=O) groups is 1. The number of methoxy groups -OCH3 is 1. The SMILES string of the molecule is CCCCCC=CCC=CCC=CCC1(OC)C=CC(=O)O1. The van der Waals surface area contributed by atoms with Crippen LogP contribution in [-0.4, -0.2) is 18.9 Å². The average molecular weight is 304 g/mol. The molecule has 0 radical (unpaired) electrons. The van der Waals surface area contributed by atoms with Crippen LogP contribution in [0.25, 0.3) is 0 Å². The van der Waals surface area contributed by atoms with Crippen molar-refractivity contribution >= 4 is 5.97 Å². The summed E-state index contributed by atoms with van der Waals surface area (Å²) < 4.78 is 10.4. The van der Waals surface area contributed by atoms with Gasteiger partial charge >= 0.3 is 5.97 Å². The Morgan fingerprint density at radius 2 is 1.77 bits per heavy atom. The second kappa shape index (κ2) is 11.0. The van der Waals surface area contributed by atoms with Gasteiger partial charge in [0, 0.05) is 19.6 Å². The molecule has 22 heavy (non-hydrogen) atoms. The molecule has 1 rings (SSSR count). The summed E-state index contributed by atoms with van der Waals surface area (Å²) in [6, 6.07) is 0. The Kier molecular flexibility index (Phi) is 9.24. The molecule has 3 nitrogen and oxygen atoms in total. The van der Waals surface area contributed by atoms with E-state index in [0.29, 0.717) is 6.42 Å². The van der Waals surface area contributed by atoms with Crippen molar-refractivity contribution in [1.82, 2.24) is 0 Å². The van der Waals surface area contributed by atoms with Gasteiger partial charge in [-0.15, -0.1) is 0 Å². The van der Waals surface area contributed by atoms with Crippen molar-refractivity contribution in [3.8, 4) is 0 Å². The van der Waals surface area contributed by atoms with Crippen LogP contribution >= 0.6 is 0 Å². The molecule has 0 amide bonds. The van der Waals surface area contributed by atoms with Gasteiger partial charge in [-0.2, -0.15) is 0 Å². The molecule has 0 N–H and O–H groups in total. The fourth-order valence-corrected chi connectivity index (χ4v) is 2.16. The standard InChI is InChI=1S/C19H28O3/c1-3-4-5-6-7-8-9-10-11-12-13-14-16-19(21-2)17-15-18(20)22-19/h7-8,10-11,13-15,17H,3-6,9,12,16H2,1-2H3. The highest BCUT2D eigenvalue weighted by Gasteiger charge is 2.34. The van der Waals surface area contributed by atoms with Crippen LogP contribution in [0.5, 0.6) is 0 Å². The minimum Gasteiger partial charge on any atom is -0.426 e. The first-order valence-corrected chi connectivity index (χ1v) is 8.15. The van der Waals surface area contributed by atoms with E-state index in [9.17, 15) is 4.79 Å². The van der Waals surface area contributed by atoms with E-state index < -0.39 is 5.79 Å². The summed E-state index contributed by atoms with van der Waals surface area (Å²) in [4.78, 5) is 11.1. The van der Waals surface area contributed by atoms with Crippen molar-refractivity contribution in [2.45, 2.75) is 57.7 Å². The minimum absolute atomic E-state index is 0.346. The first-order chi connectivity index (χ1) is 10.7. The summed E-state index contributed by atoms with van der Waals surface area (Å²) in [5.41, 5.74) is 0. The predicted molar refractivity (Wildman–Crippen MR) is 90.4 cm³/mol. The van der Waals surface area contributed by atoms with Crippen molar-refractivity contribution in [1.29, 1.82) is 0 Å². The van der Waals surface area contributed by atoms with Crippen molar-refractivity contribution < 1.29 is 14.3 Å². The fraction of sp³-hybridized carbons (Fsp3) is 0.526. The van der Waals surface area contributed by atoms with E-state index in [4.69, 9.17) is 9.47 Å². The zero-order valence-corrected chi connectivity index (χ0v) is 13.8. The molecule has 122 valence electrons. The Morgan fingerprint density at radius 1 is 1.09 bits per heavy atom. The highest BCUT2D eigenvalue weighted by Crippen LogP contribution is 2.25. The molecule has 0 aromatic rings. The van der Waals surface area contributed by atoms with E-state index >= 15 is 0 Å².